The summed E-state index contributed by atoms with van der Waals surface area (Å²) >= 11 is 0. The van der Waals surface area contributed by atoms with E-state index in [-0.39, 0.29) is 6.85 Å². The molecular formula is C36H23BN2. The molecule has 2 aromatic heterocycles. The van der Waals surface area contributed by atoms with Gasteiger partial charge < -0.3 is 9.05 Å². The van der Waals surface area contributed by atoms with Crippen LogP contribution < -0.4 is 10.9 Å². The van der Waals surface area contributed by atoms with Crippen LogP contribution in [0.1, 0.15) is 0 Å². The predicted molar refractivity (Wildman–Crippen MR) is 166 cm³/mol. The van der Waals surface area contributed by atoms with Gasteiger partial charge in [0.05, 0.1) is 11.0 Å². The number of nitrogens with zero attached hydrogens (tertiary/aromatic N) is 2. The minimum absolute atomic E-state index is 0.0361. The SMILES string of the molecule is c1ccc(-c2cccc3c4ccccc4n(B4c5ccccc5-n5c6ccccc6c6cccc4c65)c23)cc1. The van der Waals surface area contributed by atoms with Crippen LogP contribution in [0.5, 0.6) is 0 Å². The van der Waals surface area contributed by atoms with Crippen molar-refractivity contribution in [1.82, 2.24) is 9.05 Å². The van der Waals surface area contributed by atoms with Crippen molar-refractivity contribution < 1.29 is 0 Å². The molecule has 6 aromatic carbocycles. The molecule has 3 heteroatoms. The summed E-state index contributed by atoms with van der Waals surface area (Å²) in [7, 11) is 0. The molecule has 0 amide bonds. The largest absolute Gasteiger partial charge is 0.375 e. The third kappa shape index (κ3) is 2.72. The van der Waals surface area contributed by atoms with Crippen LogP contribution in [0, 0.1) is 0 Å². The number of hydrogen-bond donors (Lipinski definition) is 0. The lowest BCUT2D eigenvalue weighted by molar-refractivity contribution is 1.18. The van der Waals surface area contributed by atoms with Gasteiger partial charge in [0.25, 0.3) is 0 Å². The Morgan fingerprint density at radius 1 is 0.410 bits per heavy atom. The average molecular weight is 494 g/mol. The fourth-order valence-electron chi connectivity index (χ4n) is 7.06. The highest BCUT2D eigenvalue weighted by Crippen LogP contribution is 2.38. The first kappa shape index (κ1) is 21.0. The highest BCUT2D eigenvalue weighted by molar-refractivity contribution is 6.88. The van der Waals surface area contributed by atoms with Crippen LogP contribution in [0.2, 0.25) is 0 Å². The Labute approximate surface area is 226 Å². The smallest absolute Gasteiger partial charge is 0.332 e. The second-order valence-corrected chi connectivity index (χ2v) is 10.5. The Kier molecular flexibility index (Phi) is 4.17. The molecule has 0 saturated heterocycles. The maximum absolute atomic E-state index is 2.61. The fourth-order valence-corrected chi connectivity index (χ4v) is 7.06. The summed E-state index contributed by atoms with van der Waals surface area (Å²) in [4.78, 5) is 0. The summed E-state index contributed by atoms with van der Waals surface area (Å²) in [6, 6.07) is 51.1. The van der Waals surface area contributed by atoms with Crippen molar-refractivity contribution in [3.63, 3.8) is 0 Å². The Morgan fingerprint density at radius 3 is 1.85 bits per heavy atom. The van der Waals surface area contributed by atoms with Gasteiger partial charge in [-0.1, -0.05) is 121 Å². The van der Waals surface area contributed by atoms with Gasteiger partial charge in [-0.2, -0.15) is 0 Å². The standard InChI is InChI=1S/C36H23BN2/c1-2-12-24(13-3-1)25-16-10-17-28-27-15-5-8-22-33(27)39(35(25)28)37-30-19-6-9-23-34(30)38-32-21-7-4-14-26(32)29-18-11-20-31(37)36(29)38/h1-23H. The summed E-state index contributed by atoms with van der Waals surface area (Å²) in [5.41, 5.74) is 11.5. The third-order valence-corrected chi connectivity index (χ3v) is 8.57. The van der Waals surface area contributed by atoms with Crippen molar-refractivity contribution >= 4 is 61.4 Å². The molecule has 9 rings (SSSR count). The lowest BCUT2D eigenvalue weighted by atomic mass is 9.48. The maximum atomic E-state index is 2.61. The van der Waals surface area contributed by atoms with Crippen LogP contribution in [-0.4, -0.2) is 15.9 Å². The Bertz CT molecular complexity index is 2240. The van der Waals surface area contributed by atoms with E-state index < -0.39 is 0 Å². The number of rotatable bonds is 2. The van der Waals surface area contributed by atoms with Gasteiger partial charge in [0, 0.05) is 43.8 Å². The zero-order valence-electron chi connectivity index (χ0n) is 21.3. The molecule has 3 heterocycles. The molecule has 8 aromatic rings. The molecule has 0 bridgehead atoms. The number of para-hydroxylation sites is 5. The van der Waals surface area contributed by atoms with E-state index in [1.807, 2.05) is 0 Å². The van der Waals surface area contributed by atoms with E-state index in [0.717, 1.165) is 0 Å². The molecule has 0 N–H and O–H groups in total. The molecule has 2 nitrogen and oxygen atoms in total. The highest BCUT2D eigenvalue weighted by Gasteiger charge is 2.36. The van der Waals surface area contributed by atoms with E-state index in [0.29, 0.717) is 0 Å². The van der Waals surface area contributed by atoms with Crippen LogP contribution >= 0.6 is 0 Å². The van der Waals surface area contributed by atoms with Gasteiger partial charge in [0.1, 0.15) is 0 Å². The summed E-state index contributed by atoms with van der Waals surface area (Å²) < 4.78 is 5.10. The van der Waals surface area contributed by atoms with Crippen LogP contribution in [0.4, 0.5) is 0 Å². The monoisotopic (exact) mass is 494 g/mol. The van der Waals surface area contributed by atoms with Crippen molar-refractivity contribution in [3.05, 3.63) is 140 Å². The van der Waals surface area contributed by atoms with Crippen LogP contribution in [0.3, 0.4) is 0 Å². The van der Waals surface area contributed by atoms with E-state index in [9.17, 15) is 0 Å². The molecular weight excluding hydrogens is 471 g/mol. The van der Waals surface area contributed by atoms with Gasteiger partial charge in [-0.15, -0.1) is 0 Å². The first-order valence-electron chi connectivity index (χ1n) is 13.6. The van der Waals surface area contributed by atoms with Crippen molar-refractivity contribution in [2.45, 2.75) is 0 Å². The number of benzene rings is 6. The summed E-state index contributed by atoms with van der Waals surface area (Å²) in [6.45, 7) is 0.0361. The van der Waals surface area contributed by atoms with Gasteiger partial charge in [-0.25, -0.2) is 0 Å². The van der Waals surface area contributed by atoms with Gasteiger partial charge in [0.2, 0.25) is 0 Å². The quantitative estimate of drug-likeness (QED) is 0.220. The van der Waals surface area contributed by atoms with Crippen LogP contribution in [-0.2, 0) is 0 Å². The van der Waals surface area contributed by atoms with Gasteiger partial charge >= 0.3 is 6.85 Å². The molecule has 0 saturated carbocycles. The van der Waals surface area contributed by atoms with E-state index in [2.05, 4.69) is 149 Å². The average Bonchev–Trinajstić information content (AvgIpc) is 3.52. The second kappa shape index (κ2) is 7.75. The highest BCUT2D eigenvalue weighted by atomic mass is 15.0. The van der Waals surface area contributed by atoms with Crippen molar-refractivity contribution in [2.75, 3.05) is 0 Å². The normalized spacial score (nSPS) is 12.6. The molecule has 1 aliphatic rings. The molecule has 0 fully saturated rings. The lowest BCUT2D eigenvalue weighted by Gasteiger charge is -2.28. The molecule has 180 valence electrons. The van der Waals surface area contributed by atoms with Crippen LogP contribution in [0.25, 0.3) is 60.4 Å². The van der Waals surface area contributed by atoms with Crippen LogP contribution in [0.15, 0.2) is 140 Å². The number of aromatic nitrogens is 2. The van der Waals surface area contributed by atoms with E-state index in [1.165, 1.54) is 71.4 Å². The summed E-state index contributed by atoms with van der Waals surface area (Å²) in [6.07, 6.45) is 0. The summed E-state index contributed by atoms with van der Waals surface area (Å²) in [5, 5.41) is 5.20. The van der Waals surface area contributed by atoms with E-state index >= 15 is 0 Å². The minimum Gasteiger partial charge on any atom is -0.375 e. The minimum atomic E-state index is 0.0361. The molecule has 39 heavy (non-hydrogen) atoms. The predicted octanol–water partition coefficient (Wildman–Crippen LogP) is 7.53. The van der Waals surface area contributed by atoms with E-state index in [4.69, 9.17) is 0 Å². The zero-order chi connectivity index (χ0) is 25.5. The number of hydrogen-bond acceptors (Lipinski definition) is 0. The number of fused-ring (bicyclic) bond motifs is 8. The first-order valence-corrected chi connectivity index (χ1v) is 13.6. The zero-order valence-corrected chi connectivity index (χ0v) is 21.3. The topological polar surface area (TPSA) is 9.86 Å². The Hall–Kier alpha value is -5.02. The van der Waals surface area contributed by atoms with E-state index in [1.54, 1.807) is 0 Å². The fraction of sp³-hybridized carbons (Fsp3) is 0. The molecule has 0 unspecified atom stereocenters. The van der Waals surface area contributed by atoms with Crippen molar-refractivity contribution in [3.8, 4) is 16.8 Å². The third-order valence-electron chi connectivity index (χ3n) is 8.57. The second-order valence-electron chi connectivity index (χ2n) is 10.5. The van der Waals surface area contributed by atoms with Gasteiger partial charge in [-0.05, 0) is 34.7 Å². The molecule has 0 atom stereocenters. The lowest BCUT2D eigenvalue weighted by Crippen LogP contribution is -2.53. The van der Waals surface area contributed by atoms with Gasteiger partial charge in [0.15, 0.2) is 0 Å². The Morgan fingerprint density at radius 2 is 1.00 bits per heavy atom. The van der Waals surface area contributed by atoms with Gasteiger partial charge in [-0.3, -0.25) is 0 Å². The Balaban J connectivity index is 1.50. The molecule has 0 radical (unpaired) electrons. The maximum Gasteiger partial charge on any atom is 0.332 e. The van der Waals surface area contributed by atoms with Crippen molar-refractivity contribution in [1.29, 1.82) is 0 Å². The molecule has 0 spiro atoms. The summed E-state index contributed by atoms with van der Waals surface area (Å²) in [5.74, 6) is 0. The van der Waals surface area contributed by atoms with Crippen molar-refractivity contribution in [2.24, 2.45) is 0 Å². The molecule has 1 aliphatic heterocycles. The first-order chi connectivity index (χ1) is 19.4. The molecule has 0 aliphatic carbocycles.